The van der Waals surface area contributed by atoms with Crippen LogP contribution in [-0.2, 0) is 11.3 Å². The molecule has 0 N–H and O–H groups in total. The van der Waals surface area contributed by atoms with Crippen LogP contribution in [-0.4, -0.2) is 65.4 Å². The van der Waals surface area contributed by atoms with Gasteiger partial charge in [-0.1, -0.05) is 57.0 Å². The lowest BCUT2D eigenvalue weighted by molar-refractivity contribution is -0.244. The Labute approximate surface area is 169 Å². The van der Waals surface area contributed by atoms with Crippen LogP contribution in [0.3, 0.4) is 0 Å². The molecular weight excluding hydrogens is 346 g/mol. The van der Waals surface area contributed by atoms with Gasteiger partial charge in [0.05, 0.1) is 16.5 Å². The van der Waals surface area contributed by atoms with E-state index in [1.807, 2.05) is 0 Å². The maximum absolute atomic E-state index is 13.4. The summed E-state index contributed by atoms with van der Waals surface area (Å²) in [6.07, 6.45) is 5.88. The third-order valence-electron chi connectivity index (χ3n) is 8.19. The second kappa shape index (κ2) is 6.65. The first-order chi connectivity index (χ1) is 13.5. The first kappa shape index (κ1) is 18.8. The molecule has 5 heterocycles. The first-order valence-corrected chi connectivity index (χ1v) is 11.3. The molecule has 4 heteroatoms. The Balaban J connectivity index is 1.33. The average molecular weight is 382 g/mol. The number of rotatable bonds is 5. The summed E-state index contributed by atoms with van der Waals surface area (Å²) in [5.41, 5.74) is 1.40. The zero-order valence-electron chi connectivity index (χ0n) is 17.6. The molecule has 1 spiro atoms. The molecule has 0 radical (unpaired) electrons. The Morgan fingerprint density at radius 2 is 1.61 bits per heavy atom. The first-order valence-electron chi connectivity index (χ1n) is 11.3. The third-order valence-corrected chi connectivity index (χ3v) is 8.19. The van der Waals surface area contributed by atoms with E-state index in [0.29, 0.717) is 5.78 Å². The number of carbonyl (C=O) groups is 1. The molecule has 4 nitrogen and oxygen atoms in total. The normalized spacial score (nSPS) is 39.0. The van der Waals surface area contributed by atoms with E-state index >= 15 is 0 Å². The molecule has 1 aromatic rings. The summed E-state index contributed by atoms with van der Waals surface area (Å²) in [4.78, 5) is 21.5. The van der Waals surface area contributed by atoms with Crippen LogP contribution < -0.4 is 0 Å². The van der Waals surface area contributed by atoms with Gasteiger partial charge in [0.15, 0.2) is 0 Å². The zero-order valence-corrected chi connectivity index (χ0v) is 17.6. The number of ketones is 1. The van der Waals surface area contributed by atoms with Crippen LogP contribution in [0.25, 0.3) is 0 Å². The van der Waals surface area contributed by atoms with Gasteiger partial charge in [-0.3, -0.25) is 19.5 Å². The largest absolute Gasteiger partial charge is 0.299 e. The van der Waals surface area contributed by atoms with Crippen molar-refractivity contribution in [3.8, 4) is 0 Å². The summed E-state index contributed by atoms with van der Waals surface area (Å²) in [5, 5.41) is 0. The molecule has 5 aliphatic rings. The number of Topliss-reactive ketones (excluding diaryl/α,β-unsaturated/α-hetero) is 1. The van der Waals surface area contributed by atoms with Crippen molar-refractivity contribution in [1.29, 1.82) is 0 Å². The number of benzene rings is 1. The van der Waals surface area contributed by atoms with Gasteiger partial charge in [-0.25, -0.2) is 0 Å². The minimum absolute atomic E-state index is 0.0896. The van der Waals surface area contributed by atoms with Crippen molar-refractivity contribution in [3.63, 3.8) is 0 Å². The molecule has 0 aliphatic carbocycles. The second-order valence-electron chi connectivity index (χ2n) is 10.2. The van der Waals surface area contributed by atoms with Crippen LogP contribution in [0.1, 0.15) is 51.5 Å². The molecule has 0 amide bonds. The molecule has 4 bridgehead atoms. The molecule has 2 atom stereocenters. The van der Waals surface area contributed by atoms with E-state index in [0.717, 1.165) is 52.2 Å². The summed E-state index contributed by atoms with van der Waals surface area (Å²) >= 11 is 0. The Hall–Kier alpha value is -1.23. The smallest absolute Gasteiger partial charge is 0.150 e. The minimum Gasteiger partial charge on any atom is -0.299 e. The van der Waals surface area contributed by atoms with Gasteiger partial charge < -0.3 is 0 Å². The molecule has 28 heavy (non-hydrogen) atoms. The molecule has 5 fully saturated rings. The lowest BCUT2D eigenvalue weighted by atomic mass is 9.57. The van der Waals surface area contributed by atoms with Gasteiger partial charge in [-0.2, -0.15) is 0 Å². The van der Waals surface area contributed by atoms with Crippen LogP contribution in [0.5, 0.6) is 0 Å². The Morgan fingerprint density at radius 1 is 0.964 bits per heavy atom. The van der Waals surface area contributed by atoms with E-state index in [9.17, 15) is 4.79 Å². The van der Waals surface area contributed by atoms with Crippen LogP contribution in [0.2, 0.25) is 0 Å². The summed E-state index contributed by atoms with van der Waals surface area (Å²) in [6.45, 7) is 11.9. The van der Waals surface area contributed by atoms with Crippen molar-refractivity contribution >= 4 is 5.78 Å². The highest BCUT2D eigenvalue weighted by atomic mass is 16.1. The SMILES string of the molecule is CCCCC12CN3CC(C)(CN(C1)C31CCN(Cc3ccccc3)CC1)C2=O. The predicted octanol–water partition coefficient (Wildman–Crippen LogP) is 3.38. The number of nitrogens with zero attached hydrogens (tertiary/aromatic N) is 3. The van der Waals surface area contributed by atoms with E-state index in [4.69, 9.17) is 0 Å². The Kier molecular flexibility index (Phi) is 4.46. The number of unbranched alkanes of at least 4 members (excludes halogenated alkanes) is 1. The minimum atomic E-state index is -0.142. The van der Waals surface area contributed by atoms with E-state index in [-0.39, 0.29) is 16.5 Å². The number of likely N-dealkylation sites (tertiary alicyclic amines) is 1. The Bertz CT molecular complexity index is 719. The van der Waals surface area contributed by atoms with Gasteiger partial charge in [-0.05, 0) is 24.8 Å². The van der Waals surface area contributed by atoms with Gasteiger partial charge in [0.2, 0.25) is 0 Å². The highest BCUT2D eigenvalue weighted by Crippen LogP contribution is 2.55. The van der Waals surface area contributed by atoms with Crippen LogP contribution in [0.4, 0.5) is 0 Å². The fraction of sp³-hybridized carbons (Fsp3) is 0.708. The van der Waals surface area contributed by atoms with E-state index in [2.05, 4.69) is 58.9 Å². The molecule has 1 aromatic carbocycles. The average Bonchev–Trinajstić information content (AvgIpc) is 2.69. The van der Waals surface area contributed by atoms with Crippen molar-refractivity contribution in [2.24, 2.45) is 10.8 Å². The maximum atomic E-state index is 13.4. The summed E-state index contributed by atoms with van der Waals surface area (Å²) in [7, 11) is 0. The highest BCUT2D eigenvalue weighted by Gasteiger charge is 2.67. The molecular formula is C24H35N3O. The quantitative estimate of drug-likeness (QED) is 0.781. The number of carbonyl (C=O) groups excluding carboxylic acids is 1. The monoisotopic (exact) mass is 381 g/mol. The van der Waals surface area contributed by atoms with Crippen LogP contribution in [0.15, 0.2) is 30.3 Å². The van der Waals surface area contributed by atoms with Crippen molar-refractivity contribution in [1.82, 2.24) is 14.7 Å². The standard InChI is InChI=1S/C24H35N3O/c1-3-4-10-23-18-26-16-22(2,21(23)28)17-27(19-23)24(26)11-13-25(14-12-24)15-20-8-6-5-7-9-20/h5-9H,3-4,10-19H2,1-2H3. The lowest BCUT2D eigenvalue weighted by Crippen LogP contribution is -2.84. The van der Waals surface area contributed by atoms with Crippen molar-refractivity contribution in [2.75, 3.05) is 39.3 Å². The summed E-state index contributed by atoms with van der Waals surface area (Å²) in [6, 6.07) is 10.9. The van der Waals surface area contributed by atoms with Crippen molar-refractivity contribution in [3.05, 3.63) is 35.9 Å². The van der Waals surface area contributed by atoms with Gasteiger partial charge in [-0.15, -0.1) is 0 Å². The molecule has 2 unspecified atom stereocenters. The van der Waals surface area contributed by atoms with Gasteiger partial charge >= 0.3 is 0 Å². The second-order valence-corrected chi connectivity index (χ2v) is 10.2. The number of hydrogen-bond donors (Lipinski definition) is 0. The van der Waals surface area contributed by atoms with E-state index in [1.165, 1.54) is 31.2 Å². The maximum Gasteiger partial charge on any atom is 0.150 e. The Morgan fingerprint density at radius 3 is 2.21 bits per heavy atom. The fourth-order valence-electron chi connectivity index (χ4n) is 6.83. The zero-order chi connectivity index (χ0) is 19.4. The molecule has 6 rings (SSSR count). The van der Waals surface area contributed by atoms with Crippen molar-refractivity contribution < 1.29 is 4.79 Å². The van der Waals surface area contributed by atoms with Crippen LogP contribution >= 0.6 is 0 Å². The molecule has 0 saturated carbocycles. The van der Waals surface area contributed by atoms with E-state index in [1.54, 1.807) is 0 Å². The number of piperidine rings is 3. The summed E-state index contributed by atoms with van der Waals surface area (Å²) < 4.78 is 0. The fourth-order valence-corrected chi connectivity index (χ4v) is 6.83. The lowest BCUT2D eigenvalue weighted by Gasteiger charge is -2.71. The molecule has 152 valence electrons. The van der Waals surface area contributed by atoms with Crippen molar-refractivity contribution in [2.45, 2.75) is 58.2 Å². The third kappa shape index (κ3) is 2.72. The topological polar surface area (TPSA) is 26.8 Å². The van der Waals surface area contributed by atoms with Crippen LogP contribution in [0, 0.1) is 10.8 Å². The van der Waals surface area contributed by atoms with Gasteiger partial charge in [0.1, 0.15) is 5.78 Å². The number of hydrogen-bond acceptors (Lipinski definition) is 4. The van der Waals surface area contributed by atoms with Gasteiger partial charge in [0, 0.05) is 45.8 Å². The molecule has 0 aromatic heterocycles. The highest BCUT2D eigenvalue weighted by molar-refractivity contribution is 5.93. The summed E-state index contributed by atoms with van der Waals surface area (Å²) in [5.74, 6) is 0.581. The predicted molar refractivity (Wildman–Crippen MR) is 112 cm³/mol. The van der Waals surface area contributed by atoms with Gasteiger partial charge in [0.25, 0.3) is 0 Å². The molecule has 5 aliphatic heterocycles. The van der Waals surface area contributed by atoms with E-state index < -0.39 is 0 Å². The molecule has 5 saturated heterocycles.